The minimum Gasteiger partial charge on any atom is -0.489 e. The van der Waals surface area contributed by atoms with Crippen LogP contribution in [0.2, 0.25) is 0 Å². The number of aromatic nitrogens is 2. The first-order valence-electron chi connectivity index (χ1n) is 8.08. The van der Waals surface area contributed by atoms with E-state index in [1.54, 1.807) is 23.0 Å². The van der Waals surface area contributed by atoms with E-state index in [-0.39, 0.29) is 11.4 Å². The minimum atomic E-state index is -0.261. The molecule has 2 heterocycles. The number of hydrogen-bond acceptors (Lipinski definition) is 4. The maximum atomic E-state index is 12.9. The third kappa shape index (κ3) is 3.50. The van der Waals surface area contributed by atoms with Crippen molar-refractivity contribution in [2.75, 3.05) is 0 Å². The van der Waals surface area contributed by atoms with Crippen LogP contribution in [0.1, 0.15) is 11.1 Å². The van der Waals surface area contributed by atoms with E-state index >= 15 is 0 Å². The first kappa shape index (κ1) is 16.5. The lowest BCUT2D eigenvalue weighted by Gasteiger charge is -2.09. The summed E-state index contributed by atoms with van der Waals surface area (Å²) in [5, 5.41) is 1.87. The van der Waals surface area contributed by atoms with Gasteiger partial charge < -0.3 is 4.74 Å². The normalized spacial score (nSPS) is 11.0. The van der Waals surface area contributed by atoms with E-state index in [1.165, 1.54) is 23.5 Å². The third-order valence-electron chi connectivity index (χ3n) is 4.03. The highest BCUT2D eigenvalue weighted by Crippen LogP contribution is 2.16. The number of benzene rings is 2. The Bertz CT molecular complexity index is 1090. The van der Waals surface area contributed by atoms with E-state index in [4.69, 9.17) is 4.74 Å². The lowest BCUT2D eigenvalue weighted by atomic mass is 10.2. The number of rotatable bonds is 5. The predicted molar refractivity (Wildman–Crippen MR) is 100 cm³/mol. The van der Waals surface area contributed by atoms with Gasteiger partial charge in [-0.15, -0.1) is 11.3 Å². The molecule has 0 spiro atoms. The molecule has 4 aromatic rings. The number of halogens is 1. The van der Waals surface area contributed by atoms with E-state index in [0.29, 0.717) is 17.9 Å². The molecule has 0 N–H and O–H groups in total. The summed E-state index contributed by atoms with van der Waals surface area (Å²) in [5.74, 6) is 0.459. The minimum absolute atomic E-state index is 0.0263. The average molecular weight is 366 g/mol. The molecule has 6 heteroatoms. The van der Waals surface area contributed by atoms with Crippen LogP contribution in [0.5, 0.6) is 5.75 Å². The molecule has 0 aliphatic rings. The van der Waals surface area contributed by atoms with Gasteiger partial charge in [-0.3, -0.25) is 9.36 Å². The van der Waals surface area contributed by atoms with Crippen LogP contribution in [0.3, 0.4) is 0 Å². The standard InChI is InChI=1S/C20H15FN2O2S/c21-16-5-1-15(2-6-16)12-25-17-7-3-14(4-8-17)11-23-13-22-18-9-10-26-19(18)20(23)24/h1-10,13H,11-12H2. The molecule has 0 amide bonds. The van der Waals surface area contributed by atoms with Gasteiger partial charge in [-0.1, -0.05) is 24.3 Å². The van der Waals surface area contributed by atoms with Crippen molar-refractivity contribution < 1.29 is 9.13 Å². The first-order chi connectivity index (χ1) is 12.7. The van der Waals surface area contributed by atoms with Crippen molar-refractivity contribution in [3.05, 3.63) is 93.6 Å². The second-order valence-electron chi connectivity index (χ2n) is 5.87. The second-order valence-corrected chi connectivity index (χ2v) is 6.79. The summed E-state index contributed by atoms with van der Waals surface area (Å²) >= 11 is 1.41. The van der Waals surface area contributed by atoms with Crippen LogP contribution >= 0.6 is 11.3 Å². The molecule has 0 aliphatic heterocycles. The molecule has 0 aliphatic carbocycles. The van der Waals surface area contributed by atoms with Gasteiger partial charge in [0.2, 0.25) is 0 Å². The Hall–Kier alpha value is -2.99. The zero-order chi connectivity index (χ0) is 17.9. The molecule has 0 saturated carbocycles. The van der Waals surface area contributed by atoms with Crippen LogP contribution in [0.15, 0.2) is 71.1 Å². The Morgan fingerprint density at radius 2 is 1.73 bits per heavy atom. The number of hydrogen-bond donors (Lipinski definition) is 0. The summed E-state index contributed by atoms with van der Waals surface area (Å²) in [7, 11) is 0. The van der Waals surface area contributed by atoms with Crippen molar-refractivity contribution in [2.24, 2.45) is 0 Å². The average Bonchev–Trinajstić information content (AvgIpc) is 3.14. The predicted octanol–water partition coefficient (Wildman–Crippen LogP) is 4.22. The zero-order valence-corrected chi connectivity index (χ0v) is 14.6. The van der Waals surface area contributed by atoms with E-state index in [9.17, 15) is 9.18 Å². The molecule has 0 unspecified atom stereocenters. The molecule has 0 saturated heterocycles. The lowest BCUT2D eigenvalue weighted by molar-refractivity contribution is 0.306. The summed E-state index contributed by atoms with van der Waals surface area (Å²) < 4.78 is 20.9. The van der Waals surface area contributed by atoms with Crippen LogP contribution < -0.4 is 10.3 Å². The number of fused-ring (bicyclic) bond motifs is 1. The van der Waals surface area contributed by atoms with Crippen LogP contribution in [0.4, 0.5) is 4.39 Å². The smallest absolute Gasteiger partial charge is 0.271 e. The molecule has 2 aromatic heterocycles. The van der Waals surface area contributed by atoms with Crippen LogP contribution in [0, 0.1) is 5.82 Å². The molecule has 2 aromatic carbocycles. The Morgan fingerprint density at radius 3 is 2.50 bits per heavy atom. The van der Waals surface area contributed by atoms with Crippen LogP contribution in [-0.2, 0) is 13.2 Å². The SMILES string of the molecule is O=c1c2sccc2ncn1Cc1ccc(OCc2ccc(F)cc2)cc1. The van der Waals surface area contributed by atoms with Crippen molar-refractivity contribution in [3.8, 4) is 5.75 Å². The molecule has 4 rings (SSSR count). The van der Waals surface area contributed by atoms with Gasteiger partial charge in [-0.25, -0.2) is 9.37 Å². The fourth-order valence-corrected chi connectivity index (χ4v) is 3.42. The van der Waals surface area contributed by atoms with Gasteiger partial charge in [0.25, 0.3) is 5.56 Å². The zero-order valence-electron chi connectivity index (χ0n) is 13.8. The van der Waals surface area contributed by atoms with Gasteiger partial charge in [0, 0.05) is 0 Å². The monoisotopic (exact) mass is 366 g/mol. The molecule has 0 radical (unpaired) electrons. The quantitative estimate of drug-likeness (QED) is 0.531. The summed E-state index contributed by atoms with van der Waals surface area (Å²) in [5.41, 5.74) is 2.60. The van der Waals surface area contributed by atoms with Crippen molar-refractivity contribution >= 4 is 21.6 Å². The molecule has 0 fully saturated rings. The number of nitrogens with zero attached hydrogens (tertiary/aromatic N) is 2. The topological polar surface area (TPSA) is 44.1 Å². The Morgan fingerprint density at radius 1 is 1.00 bits per heavy atom. The fraction of sp³-hybridized carbons (Fsp3) is 0.100. The highest BCUT2D eigenvalue weighted by atomic mass is 32.1. The maximum Gasteiger partial charge on any atom is 0.271 e. The van der Waals surface area contributed by atoms with E-state index in [0.717, 1.165) is 22.4 Å². The van der Waals surface area contributed by atoms with Crippen LogP contribution in [-0.4, -0.2) is 9.55 Å². The van der Waals surface area contributed by atoms with Crippen LogP contribution in [0.25, 0.3) is 10.2 Å². The van der Waals surface area contributed by atoms with Gasteiger partial charge >= 0.3 is 0 Å². The van der Waals surface area contributed by atoms with Gasteiger partial charge in [-0.05, 0) is 46.8 Å². The number of thiophene rings is 1. The summed E-state index contributed by atoms with van der Waals surface area (Å²) in [6, 6.07) is 15.6. The molecular weight excluding hydrogens is 351 g/mol. The third-order valence-corrected chi connectivity index (χ3v) is 4.92. The largest absolute Gasteiger partial charge is 0.489 e. The van der Waals surface area contributed by atoms with Crippen molar-refractivity contribution in [1.29, 1.82) is 0 Å². The molecule has 0 atom stereocenters. The van der Waals surface area contributed by atoms with Crippen molar-refractivity contribution in [3.63, 3.8) is 0 Å². The molecular formula is C20H15FN2O2S. The number of ether oxygens (including phenoxy) is 1. The molecule has 0 bridgehead atoms. The van der Waals surface area contributed by atoms with Gasteiger partial charge in [0.05, 0.1) is 18.4 Å². The first-order valence-corrected chi connectivity index (χ1v) is 8.96. The lowest BCUT2D eigenvalue weighted by Crippen LogP contribution is -2.20. The Kier molecular flexibility index (Phi) is 4.50. The highest BCUT2D eigenvalue weighted by Gasteiger charge is 2.06. The highest BCUT2D eigenvalue weighted by molar-refractivity contribution is 7.17. The fourth-order valence-electron chi connectivity index (χ4n) is 2.63. The summed E-state index contributed by atoms with van der Waals surface area (Å²) in [4.78, 5) is 16.7. The second kappa shape index (κ2) is 7.09. The van der Waals surface area contributed by atoms with Gasteiger partial charge in [0.1, 0.15) is 22.9 Å². The van der Waals surface area contributed by atoms with E-state index < -0.39 is 0 Å². The van der Waals surface area contributed by atoms with Gasteiger partial charge in [-0.2, -0.15) is 0 Å². The van der Waals surface area contributed by atoms with Crippen molar-refractivity contribution in [2.45, 2.75) is 13.2 Å². The summed E-state index contributed by atoms with van der Waals surface area (Å²) in [6.45, 7) is 0.829. The van der Waals surface area contributed by atoms with Crippen molar-refractivity contribution in [1.82, 2.24) is 9.55 Å². The summed E-state index contributed by atoms with van der Waals surface area (Å²) in [6.07, 6.45) is 1.58. The Balaban J connectivity index is 1.44. The van der Waals surface area contributed by atoms with Gasteiger partial charge in [0.15, 0.2) is 0 Å². The molecule has 26 heavy (non-hydrogen) atoms. The van der Waals surface area contributed by atoms with E-state index in [1.807, 2.05) is 35.7 Å². The molecule has 4 nitrogen and oxygen atoms in total. The Labute approximate surface area is 153 Å². The van der Waals surface area contributed by atoms with E-state index in [2.05, 4.69) is 4.98 Å². The molecule has 130 valence electrons. The maximum absolute atomic E-state index is 12.9.